The van der Waals surface area contributed by atoms with Crippen LogP contribution in [0.15, 0.2) is 0 Å². The SMILES string of the molecule is C[C@@H]1C[C@H](C)[C@H](NC(=O)c2nc(Cl)c(Cl)[nH]2)C[C@H]1C. The van der Waals surface area contributed by atoms with Crippen molar-refractivity contribution in [2.75, 3.05) is 0 Å². The molecule has 19 heavy (non-hydrogen) atoms. The zero-order valence-electron chi connectivity index (χ0n) is 11.3. The molecule has 0 aromatic carbocycles. The number of aromatic amines is 1. The third-order valence-corrected chi connectivity index (χ3v) is 4.82. The highest BCUT2D eigenvalue weighted by atomic mass is 35.5. The van der Waals surface area contributed by atoms with Crippen molar-refractivity contribution < 1.29 is 4.79 Å². The fraction of sp³-hybridized carbons (Fsp3) is 0.692. The fourth-order valence-electron chi connectivity index (χ4n) is 2.72. The number of H-pyrrole nitrogens is 1. The molecule has 0 saturated heterocycles. The highest BCUT2D eigenvalue weighted by Crippen LogP contribution is 2.33. The average Bonchev–Trinajstić information content (AvgIpc) is 2.67. The lowest BCUT2D eigenvalue weighted by molar-refractivity contribution is 0.0862. The molecule has 1 aromatic heterocycles. The third kappa shape index (κ3) is 3.23. The van der Waals surface area contributed by atoms with Gasteiger partial charge in [-0.1, -0.05) is 44.0 Å². The van der Waals surface area contributed by atoms with Gasteiger partial charge in [-0.05, 0) is 30.6 Å². The summed E-state index contributed by atoms with van der Waals surface area (Å²) in [5.74, 6) is 1.72. The van der Waals surface area contributed by atoms with Crippen LogP contribution >= 0.6 is 23.2 Å². The van der Waals surface area contributed by atoms with Crippen LogP contribution in [0.2, 0.25) is 10.3 Å². The predicted octanol–water partition coefficient (Wildman–Crippen LogP) is 3.52. The number of hydrogen-bond acceptors (Lipinski definition) is 2. The Labute approximate surface area is 123 Å². The van der Waals surface area contributed by atoms with Gasteiger partial charge in [0.2, 0.25) is 0 Å². The normalized spacial score (nSPS) is 31.2. The Morgan fingerprint density at radius 2 is 1.84 bits per heavy atom. The molecule has 1 heterocycles. The van der Waals surface area contributed by atoms with E-state index >= 15 is 0 Å². The van der Waals surface area contributed by atoms with Crippen molar-refractivity contribution in [2.45, 2.75) is 39.7 Å². The van der Waals surface area contributed by atoms with E-state index in [0.717, 1.165) is 12.8 Å². The molecule has 0 unspecified atom stereocenters. The van der Waals surface area contributed by atoms with Gasteiger partial charge in [-0.2, -0.15) is 0 Å². The molecular weight excluding hydrogens is 285 g/mol. The molecule has 2 N–H and O–H groups in total. The van der Waals surface area contributed by atoms with Crippen molar-refractivity contribution in [2.24, 2.45) is 17.8 Å². The minimum absolute atomic E-state index is 0.130. The van der Waals surface area contributed by atoms with E-state index in [9.17, 15) is 4.79 Å². The molecular formula is C13H19Cl2N3O. The number of hydrogen-bond donors (Lipinski definition) is 2. The number of amides is 1. The number of imidazole rings is 1. The Kier molecular flexibility index (Phi) is 4.41. The van der Waals surface area contributed by atoms with Gasteiger partial charge in [0.15, 0.2) is 11.0 Å². The second kappa shape index (κ2) is 5.71. The summed E-state index contributed by atoms with van der Waals surface area (Å²) in [4.78, 5) is 18.7. The molecule has 0 radical (unpaired) electrons. The van der Waals surface area contributed by atoms with Gasteiger partial charge < -0.3 is 10.3 Å². The van der Waals surface area contributed by atoms with Crippen LogP contribution in [0.3, 0.4) is 0 Å². The standard InChI is InChI=1S/C13H19Cl2N3O/c1-6-4-8(3)9(5-7(6)2)16-13(19)12-17-10(14)11(15)18-12/h6-9H,4-5H2,1-3H3,(H,16,19)(H,17,18)/t6-,7-,8+,9-/m1/s1. The number of halogens is 2. The molecule has 1 saturated carbocycles. The van der Waals surface area contributed by atoms with Crippen LogP contribution in [0.5, 0.6) is 0 Å². The molecule has 0 spiro atoms. The lowest BCUT2D eigenvalue weighted by Gasteiger charge is -2.37. The average molecular weight is 304 g/mol. The Bertz CT molecular complexity index is 455. The van der Waals surface area contributed by atoms with Gasteiger partial charge in [0, 0.05) is 6.04 Å². The first kappa shape index (κ1) is 14.7. The minimum Gasteiger partial charge on any atom is -0.346 e. The van der Waals surface area contributed by atoms with Gasteiger partial charge in [0.25, 0.3) is 5.91 Å². The number of aromatic nitrogens is 2. The molecule has 1 aromatic rings. The first-order valence-electron chi connectivity index (χ1n) is 6.60. The summed E-state index contributed by atoms with van der Waals surface area (Å²) in [5, 5.41) is 3.36. The monoisotopic (exact) mass is 303 g/mol. The molecule has 1 fully saturated rings. The molecule has 4 nitrogen and oxygen atoms in total. The smallest absolute Gasteiger partial charge is 0.287 e. The van der Waals surface area contributed by atoms with Crippen LogP contribution in [0, 0.1) is 17.8 Å². The molecule has 106 valence electrons. The Hall–Kier alpha value is -0.740. The number of carbonyl (C=O) groups is 1. The van der Waals surface area contributed by atoms with E-state index in [1.165, 1.54) is 0 Å². The van der Waals surface area contributed by atoms with Gasteiger partial charge in [0.05, 0.1) is 0 Å². The largest absolute Gasteiger partial charge is 0.346 e. The van der Waals surface area contributed by atoms with E-state index in [-0.39, 0.29) is 28.1 Å². The Balaban J connectivity index is 2.02. The maximum atomic E-state index is 12.1. The molecule has 4 atom stereocenters. The van der Waals surface area contributed by atoms with Gasteiger partial charge in [-0.15, -0.1) is 0 Å². The molecule has 0 bridgehead atoms. The zero-order valence-corrected chi connectivity index (χ0v) is 12.8. The lowest BCUT2D eigenvalue weighted by Crippen LogP contribution is -2.45. The highest BCUT2D eigenvalue weighted by Gasteiger charge is 2.31. The predicted molar refractivity (Wildman–Crippen MR) is 76.6 cm³/mol. The van der Waals surface area contributed by atoms with E-state index in [2.05, 4.69) is 36.1 Å². The lowest BCUT2D eigenvalue weighted by atomic mass is 9.73. The Morgan fingerprint density at radius 3 is 2.42 bits per heavy atom. The van der Waals surface area contributed by atoms with Crippen molar-refractivity contribution in [1.82, 2.24) is 15.3 Å². The van der Waals surface area contributed by atoms with Crippen molar-refractivity contribution in [3.8, 4) is 0 Å². The second-order valence-corrected chi connectivity index (χ2v) is 6.41. The number of nitrogens with zero attached hydrogens (tertiary/aromatic N) is 1. The minimum atomic E-state index is -0.243. The van der Waals surface area contributed by atoms with E-state index in [0.29, 0.717) is 17.8 Å². The van der Waals surface area contributed by atoms with E-state index in [1.54, 1.807) is 0 Å². The summed E-state index contributed by atoms with van der Waals surface area (Å²) in [6.45, 7) is 6.68. The third-order valence-electron chi connectivity index (χ3n) is 4.18. The summed E-state index contributed by atoms with van der Waals surface area (Å²) in [6, 6.07) is 0.182. The molecule has 1 aliphatic carbocycles. The molecule has 1 aliphatic rings. The first-order chi connectivity index (χ1) is 8.88. The van der Waals surface area contributed by atoms with Crippen LogP contribution in [-0.2, 0) is 0 Å². The van der Waals surface area contributed by atoms with Gasteiger partial charge in [0.1, 0.15) is 5.15 Å². The zero-order chi connectivity index (χ0) is 14.2. The van der Waals surface area contributed by atoms with Crippen molar-refractivity contribution in [1.29, 1.82) is 0 Å². The van der Waals surface area contributed by atoms with Gasteiger partial charge in [-0.25, -0.2) is 4.98 Å². The van der Waals surface area contributed by atoms with Crippen molar-refractivity contribution in [3.63, 3.8) is 0 Å². The van der Waals surface area contributed by atoms with Crippen LogP contribution in [0.1, 0.15) is 44.2 Å². The fourth-order valence-corrected chi connectivity index (χ4v) is 2.99. The maximum absolute atomic E-state index is 12.1. The molecule has 1 amide bonds. The van der Waals surface area contributed by atoms with Crippen molar-refractivity contribution in [3.05, 3.63) is 16.1 Å². The van der Waals surface area contributed by atoms with E-state index in [4.69, 9.17) is 23.2 Å². The van der Waals surface area contributed by atoms with Crippen LogP contribution in [-0.4, -0.2) is 21.9 Å². The molecule has 2 rings (SSSR count). The van der Waals surface area contributed by atoms with E-state index in [1.807, 2.05) is 0 Å². The number of carbonyl (C=O) groups excluding carboxylic acids is 1. The molecule has 6 heteroatoms. The maximum Gasteiger partial charge on any atom is 0.287 e. The Morgan fingerprint density at radius 1 is 1.21 bits per heavy atom. The number of nitrogens with one attached hydrogen (secondary N) is 2. The van der Waals surface area contributed by atoms with Crippen LogP contribution < -0.4 is 5.32 Å². The number of rotatable bonds is 2. The first-order valence-corrected chi connectivity index (χ1v) is 7.36. The summed E-state index contributed by atoms with van der Waals surface area (Å²) >= 11 is 11.5. The van der Waals surface area contributed by atoms with Gasteiger partial charge >= 0.3 is 0 Å². The van der Waals surface area contributed by atoms with E-state index < -0.39 is 0 Å². The van der Waals surface area contributed by atoms with Crippen LogP contribution in [0.25, 0.3) is 0 Å². The van der Waals surface area contributed by atoms with Crippen molar-refractivity contribution >= 4 is 29.1 Å². The summed E-state index contributed by atoms with van der Waals surface area (Å²) in [6.07, 6.45) is 2.13. The van der Waals surface area contributed by atoms with Crippen LogP contribution in [0.4, 0.5) is 0 Å². The highest BCUT2D eigenvalue weighted by molar-refractivity contribution is 6.40. The quantitative estimate of drug-likeness (QED) is 0.878. The summed E-state index contributed by atoms with van der Waals surface area (Å²) < 4.78 is 0. The molecule has 0 aliphatic heterocycles. The van der Waals surface area contributed by atoms with Gasteiger partial charge in [-0.3, -0.25) is 4.79 Å². The summed E-state index contributed by atoms with van der Waals surface area (Å²) in [7, 11) is 0. The second-order valence-electron chi connectivity index (χ2n) is 5.67. The summed E-state index contributed by atoms with van der Waals surface area (Å²) in [5.41, 5.74) is 0. The topological polar surface area (TPSA) is 57.8 Å².